The molecule has 26 heavy (non-hydrogen) atoms. The topological polar surface area (TPSA) is 92.4 Å². The molecular weight excluding hydrogens is 352 g/mol. The molecule has 1 aromatic carbocycles. The van der Waals surface area contributed by atoms with Gasteiger partial charge in [-0.25, -0.2) is 0 Å². The first kappa shape index (κ1) is 19.9. The highest BCUT2D eigenvalue weighted by atomic mass is 32.2. The summed E-state index contributed by atoms with van der Waals surface area (Å²) < 4.78 is 5.99. The predicted molar refractivity (Wildman–Crippen MR) is 105 cm³/mol. The third kappa shape index (κ3) is 6.12. The Hall–Kier alpha value is -2.45. The van der Waals surface area contributed by atoms with E-state index in [9.17, 15) is 10.1 Å². The van der Waals surface area contributed by atoms with E-state index in [1.165, 1.54) is 0 Å². The van der Waals surface area contributed by atoms with Gasteiger partial charge in [-0.15, -0.1) is 0 Å². The summed E-state index contributed by atoms with van der Waals surface area (Å²) in [5.41, 5.74) is 2.25. The molecule has 0 atom stereocenters. The Morgan fingerprint density at radius 3 is 2.73 bits per heavy atom. The molecule has 2 aromatic rings. The maximum atomic E-state index is 10.5. The molecule has 0 bridgehead atoms. The lowest BCUT2D eigenvalue weighted by atomic mass is 10.1. The maximum Gasteiger partial charge on any atom is 0.274 e. The average Bonchev–Trinajstić information content (AvgIpc) is 3.04. The van der Waals surface area contributed by atoms with Crippen LogP contribution in [-0.4, -0.2) is 31.3 Å². The van der Waals surface area contributed by atoms with Crippen molar-refractivity contribution in [3.8, 4) is 11.1 Å². The fourth-order valence-electron chi connectivity index (χ4n) is 2.44. The van der Waals surface area contributed by atoms with E-state index < -0.39 is 4.92 Å². The van der Waals surface area contributed by atoms with E-state index in [4.69, 9.17) is 4.42 Å². The molecule has 0 saturated heterocycles. The zero-order valence-corrected chi connectivity index (χ0v) is 15.8. The minimum absolute atomic E-state index is 0.399. The van der Waals surface area contributed by atoms with Crippen molar-refractivity contribution in [2.24, 2.45) is 0 Å². The molecule has 1 aromatic heterocycles. The molecule has 0 unspecified atom stereocenters. The summed E-state index contributed by atoms with van der Waals surface area (Å²) in [6.07, 6.45) is 0.924. The van der Waals surface area contributed by atoms with E-state index in [1.54, 1.807) is 18.8 Å². The van der Waals surface area contributed by atoms with Gasteiger partial charge in [-0.3, -0.25) is 10.1 Å². The third-order valence-corrected chi connectivity index (χ3v) is 4.57. The summed E-state index contributed by atoms with van der Waals surface area (Å²) in [5, 5.41) is 19.4. The van der Waals surface area contributed by atoms with Gasteiger partial charge in [-0.05, 0) is 18.7 Å². The molecule has 3 N–H and O–H groups in total. The molecule has 0 spiro atoms. The second-order valence-electron chi connectivity index (χ2n) is 5.50. The second kappa shape index (κ2) is 10.5. The number of thioether (sulfide) groups is 1. The monoisotopic (exact) mass is 376 g/mol. The van der Waals surface area contributed by atoms with Crippen molar-refractivity contribution >= 4 is 11.8 Å². The highest BCUT2D eigenvalue weighted by molar-refractivity contribution is 7.98. The Bertz CT molecular complexity index is 731. The molecule has 0 fully saturated rings. The number of hydrogen-bond donors (Lipinski definition) is 3. The summed E-state index contributed by atoms with van der Waals surface area (Å²) in [6, 6.07) is 12.3. The number of nitrogens with zero attached hydrogens (tertiary/aromatic N) is 1. The number of nitro groups is 1. The van der Waals surface area contributed by atoms with Crippen molar-refractivity contribution < 1.29 is 9.34 Å². The van der Waals surface area contributed by atoms with Gasteiger partial charge < -0.3 is 20.4 Å². The van der Waals surface area contributed by atoms with Crippen LogP contribution in [0, 0.1) is 10.1 Å². The van der Waals surface area contributed by atoms with Crippen LogP contribution in [0.4, 0.5) is 0 Å². The van der Waals surface area contributed by atoms with Gasteiger partial charge in [0, 0.05) is 24.9 Å². The first-order valence-electron chi connectivity index (χ1n) is 8.30. The van der Waals surface area contributed by atoms with E-state index in [0.717, 1.165) is 40.4 Å². The Labute approximate surface area is 157 Å². The molecule has 0 radical (unpaired) electrons. The first-order chi connectivity index (χ1) is 12.6. The van der Waals surface area contributed by atoms with Crippen molar-refractivity contribution in [1.82, 2.24) is 16.0 Å². The van der Waals surface area contributed by atoms with Crippen molar-refractivity contribution in [2.45, 2.75) is 12.3 Å². The molecule has 0 saturated carbocycles. The molecule has 2 rings (SSSR count). The molecule has 0 aliphatic carbocycles. The lowest BCUT2D eigenvalue weighted by Gasteiger charge is -2.07. The van der Waals surface area contributed by atoms with Crippen molar-refractivity contribution in [3.63, 3.8) is 0 Å². The van der Waals surface area contributed by atoms with E-state index in [0.29, 0.717) is 18.9 Å². The van der Waals surface area contributed by atoms with Crippen LogP contribution < -0.4 is 16.0 Å². The first-order valence-corrected chi connectivity index (χ1v) is 9.45. The lowest BCUT2D eigenvalue weighted by Crippen LogP contribution is -2.26. The van der Waals surface area contributed by atoms with Gasteiger partial charge in [0.2, 0.25) is 0 Å². The number of hydrogen-bond acceptors (Lipinski definition) is 7. The smallest absolute Gasteiger partial charge is 0.274 e. The van der Waals surface area contributed by atoms with Gasteiger partial charge in [0.1, 0.15) is 11.5 Å². The zero-order chi connectivity index (χ0) is 18.8. The number of furan rings is 1. The Balaban J connectivity index is 1.89. The number of rotatable bonds is 11. The standard InChI is InChI=1S/C18H24N4O3S/c1-19-11-17-16(14-6-4-3-5-7-14)10-15(25-17)13-26-9-8-21-18(20-2)12-22(23)24/h3-7,10,12,19-21H,8-9,11,13H2,1-2H3/b18-12+. The van der Waals surface area contributed by atoms with Crippen molar-refractivity contribution in [1.29, 1.82) is 0 Å². The van der Waals surface area contributed by atoms with Gasteiger partial charge in [-0.2, -0.15) is 11.8 Å². The SMILES string of the molecule is CNCc1oc(CSCCN/C(=C/[N+](=O)[O-])NC)cc1-c1ccccc1. The minimum Gasteiger partial charge on any atom is -0.463 e. The van der Waals surface area contributed by atoms with Crippen LogP contribution in [0.5, 0.6) is 0 Å². The molecule has 7 nitrogen and oxygen atoms in total. The fraction of sp³-hybridized carbons (Fsp3) is 0.333. The number of benzene rings is 1. The van der Waals surface area contributed by atoms with Gasteiger partial charge in [-0.1, -0.05) is 30.3 Å². The van der Waals surface area contributed by atoms with Crippen LogP contribution in [0.15, 0.2) is 52.8 Å². The van der Waals surface area contributed by atoms with Crippen LogP contribution >= 0.6 is 11.8 Å². The van der Waals surface area contributed by atoms with Crippen LogP contribution in [0.1, 0.15) is 11.5 Å². The van der Waals surface area contributed by atoms with Gasteiger partial charge in [0.15, 0.2) is 5.82 Å². The minimum atomic E-state index is -0.483. The summed E-state index contributed by atoms with van der Waals surface area (Å²) in [5.74, 6) is 3.81. The molecule has 0 aliphatic rings. The summed E-state index contributed by atoms with van der Waals surface area (Å²) in [4.78, 5) is 9.99. The highest BCUT2D eigenvalue weighted by Crippen LogP contribution is 2.29. The molecule has 1 heterocycles. The lowest BCUT2D eigenvalue weighted by molar-refractivity contribution is -0.404. The van der Waals surface area contributed by atoms with Crippen LogP contribution in [-0.2, 0) is 12.3 Å². The van der Waals surface area contributed by atoms with Crippen molar-refractivity contribution in [2.75, 3.05) is 26.4 Å². The summed E-state index contributed by atoms with van der Waals surface area (Å²) in [6.45, 7) is 1.30. The Kier molecular flexibility index (Phi) is 8.04. The second-order valence-corrected chi connectivity index (χ2v) is 6.61. The van der Waals surface area contributed by atoms with E-state index in [1.807, 2.05) is 25.2 Å². The molecule has 140 valence electrons. The van der Waals surface area contributed by atoms with Crippen molar-refractivity contribution in [3.05, 3.63) is 70.1 Å². The number of nitrogens with one attached hydrogen (secondary N) is 3. The van der Waals surface area contributed by atoms with E-state index in [-0.39, 0.29) is 0 Å². The molecule has 0 amide bonds. The highest BCUT2D eigenvalue weighted by Gasteiger charge is 2.12. The Morgan fingerprint density at radius 2 is 2.08 bits per heavy atom. The Morgan fingerprint density at radius 1 is 1.31 bits per heavy atom. The predicted octanol–water partition coefficient (Wildman–Crippen LogP) is 2.78. The molecular formula is C18H24N4O3S. The largest absolute Gasteiger partial charge is 0.463 e. The maximum absolute atomic E-state index is 10.5. The summed E-state index contributed by atoms with van der Waals surface area (Å²) in [7, 11) is 3.54. The van der Waals surface area contributed by atoms with Gasteiger partial charge >= 0.3 is 0 Å². The molecule has 0 aliphatic heterocycles. The van der Waals surface area contributed by atoms with E-state index >= 15 is 0 Å². The van der Waals surface area contributed by atoms with Crippen LogP contribution in [0.2, 0.25) is 0 Å². The third-order valence-electron chi connectivity index (χ3n) is 3.59. The van der Waals surface area contributed by atoms with Gasteiger partial charge in [0.25, 0.3) is 6.20 Å². The zero-order valence-electron chi connectivity index (χ0n) is 15.0. The quantitative estimate of drug-likeness (QED) is 0.315. The normalized spacial score (nSPS) is 11.4. The average molecular weight is 376 g/mol. The van der Waals surface area contributed by atoms with Crippen LogP contribution in [0.3, 0.4) is 0 Å². The van der Waals surface area contributed by atoms with E-state index in [2.05, 4.69) is 34.1 Å². The fourth-order valence-corrected chi connectivity index (χ4v) is 3.18. The van der Waals surface area contributed by atoms with Crippen LogP contribution in [0.25, 0.3) is 11.1 Å². The summed E-state index contributed by atoms with van der Waals surface area (Å²) >= 11 is 1.71. The van der Waals surface area contributed by atoms with Gasteiger partial charge in [0.05, 0.1) is 17.2 Å². The molecule has 8 heteroatoms.